The van der Waals surface area contributed by atoms with Crippen LogP contribution in [0, 0.1) is 11.3 Å². The van der Waals surface area contributed by atoms with Crippen LogP contribution < -0.4 is 0 Å². The summed E-state index contributed by atoms with van der Waals surface area (Å²) in [5.74, 6) is 0. The van der Waals surface area contributed by atoms with Crippen molar-refractivity contribution in [3.63, 3.8) is 0 Å². The second kappa shape index (κ2) is 7.69. The molecule has 0 unspecified atom stereocenters. The van der Waals surface area contributed by atoms with Gasteiger partial charge in [0.15, 0.2) is 0 Å². The lowest BCUT2D eigenvalue weighted by molar-refractivity contribution is 0.685. The lowest BCUT2D eigenvalue weighted by atomic mass is 10.1. The summed E-state index contributed by atoms with van der Waals surface area (Å²) in [6.07, 6.45) is 7.67. The van der Waals surface area contributed by atoms with Crippen LogP contribution in [-0.2, 0) is 13.1 Å². The molecular formula is C25H19N5. The highest BCUT2D eigenvalue weighted by Gasteiger charge is 2.07. The summed E-state index contributed by atoms with van der Waals surface area (Å²) < 4.78 is 4.20. The summed E-state index contributed by atoms with van der Waals surface area (Å²) in [5.41, 5.74) is 4.97. The third-order valence-electron chi connectivity index (χ3n) is 5.26. The van der Waals surface area contributed by atoms with E-state index in [0.29, 0.717) is 18.7 Å². The zero-order chi connectivity index (χ0) is 20.3. The van der Waals surface area contributed by atoms with Crippen LogP contribution in [0.4, 0.5) is 0 Å². The topological polar surface area (TPSA) is 59.4 Å². The van der Waals surface area contributed by atoms with E-state index < -0.39 is 0 Å². The highest BCUT2D eigenvalue weighted by Crippen LogP contribution is 2.23. The fourth-order valence-electron chi connectivity index (χ4n) is 3.63. The van der Waals surface area contributed by atoms with Gasteiger partial charge in [0.1, 0.15) is 0 Å². The molecule has 3 aromatic carbocycles. The third-order valence-corrected chi connectivity index (χ3v) is 5.26. The predicted octanol–water partition coefficient (Wildman–Crippen LogP) is 4.87. The zero-order valence-corrected chi connectivity index (χ0v) is 16.3. The molecule has 5 rings (SSSR count). The number of hydrogen-bond donors (Lipinski definition) is 0. The van der Waals surface area contributed by atoms with Gasteiger partial charge in [-0.2, -0.15) is 5.26 Å². The molecule has 0 amide bonds. The number of rotatable bonds is 5. The Morgan fingerprint density at radius 1 is 0.867 bits per heavy atom. The van der Waals surface area contributed by atoms with Crippen molar-refractivity contribution < 1.29 is 0 Å². The fraction of sp³-hybridized carbons (Fsp3) is 0.0800. The lowest BCUT2D eigenvalue weighted by Gasteiger charge is -2.09. The van der Waals surface area contributed by atoms with E-state index in [1.165, 1.54) is 10.8 Å². The predicted molar refractivity (Wildman–Crippen MR) is 117 cm³/mol. The normalized spacial score (nSPS) is 10.9. The van der Waals surface area contributed by atoms with Crippen molar-refractivity contribution in [3.05, 3.63) is 109 Å². The van der Waals surface area contributed by atoms with Crippen LogP contribution in [0.5, 0.6) is 0 Å². The van der Waals surface area contributed by atoms with Crippen molar-refractivity contribution in [2.24, 2.45) is 0 Å². The number of fused-ring (bicyclic) bond motifs is 1. The number of nitrogens with zero attached hydrogens (tertiary/aromatic N) is 5. The van der Waals surface area contributed by atoms with Crippen molar-refractivity contribution in [3.8, 4) is 17.3 Å². The molecule has 30 heavy (non-hydrogen) atoms. The van der Waals surface area contributed by atoms with Crippen molar-refractivity contribution >= 4 is 10.8 Å². The molecule has 0 radical (unpaired) electrons. The van der Waals surface area contributed by atoms with Gasteiger partial charge in [0.25, 0.3) is 0 Å². The van der Waals surface area contributed by atoms with Gasteiger partial charge in [0.05, 0.1) is 42.2 Å². The van der Waals surface area contributed by atoms with Crippen LogP contribution in [0.1, 0.15) is 16.8 Å². The number of nitriles is 1. The minimum absolute atomic E-state index is 0.671. The van der Waals surface area contributed by atoms with Gasteiger partial charge in [-0.05, 0) is 34.5 Å². The standard InChI is InChI=1S/C25H19N5/c26-12-19-5-7-20(8-6-19)14-30-17-27-13-24(30)15-29-16-25(28-18-29)23-10-9-21-3-1-2-4-22(21)11-23/h1-11,13,16-18H,14-15H2. The SMILES string of the molecule is N#Cc1ccc(Cn2cncc2Cn2cnc(-c3ccc4ccccc4c3)c2)cc1. The molecule has 0 aliphatic heterocycles. The molecule has 0 spiro atoms. The molecule has 0 aliphatic rings. The van der Waals surface area contributed by atoms with Crippen molar-refractivity contribution in [2.45, 2.75) is 13.1 Å². The molecule has 144 valence electrons. The fourth-order valence-corrected chi connectivity index (χ4v) is 3.63. The molecule has 0 fully saturated rings. The molecule has 0 atom stereocenters. The van der Waals surface area contributed by atoms with Crippen LogP contribution in [-0.4, -0.2) is 19.1 Å². The average molecular weight is 389 g/mol. The monoisotopic (exact) mass is 389 g/mol. The van der Waals surface area contributed by atoms with Gasteiger partial charge in [-0.3, -0.25) is 0 Å². The summed E-state index contributed by atoms with van der Waals surface area (Å²) in [5, 5.41) is 11.4. The molecule has 5 nitrogen and oxygen atoms in total. The van der Waals surface area contributed by atoms with Gasteiger partial charge in [0.2, 0.25) is 0 Å². The molecule has 5 aromatic rings. The van der Waals surface area contributed by atoms with Gasteiger partial charge in [-0.25, -0.2) is 9.97 Å². The Labute approximate surface area is 174 Å². The van der Waals surface area contributed by atoms with E-state index in [2.05, 4.69) is 73.8 Å². The summed E-state index contributed by atoms with van der Waals surface area (Å²) in [4.78, 5) is 8.93. The molecule has 2 heterocycles. The van der Waals surface area contributed by atoms with Crippen LogP contribution in [0.15, 0.2) is 91.8 Å². The summed E-state index contributed by atoms with van der Waals surface area (Å²) in [6.45, 7) is 1.41. The van der Waals surface area contributed by atoms with E-state index in [9.17, 15) is 0 Å². The van der Waals surface area contributed by atoms with Crippen LogP contribution in [0.2, 0.25) is 0 Å². The van der Waals surface area contributed by atoms with E-state index in [-0.39, 0.29) is 0 Å². The van der Waals surface area contributed by atoms with Gasteiger partial charge in [-0.15, -0.1) is 0 Å². The Bertz CT molecular complexity index is 1350. The smallest absolute Gasteiger partial charge is 0.0991 e. The van der Waals surface area contributed by atoms with Gasteiger partial charge < -0.3 is 9.13 Å². The third kappa shape index (κ3) is 3.59. The Balaban J connectivity index is 1.35. The molecule has 0 aliphatic carbocycles. The Kier molecular flexibility index (Phi) is 4.59. The van der Waals surface area contributed by atoms with E-state index in [1.54, 1.807) is 0 Å². The van der Waals surface area contributed by atoms with Crippen molar-refractivity contribution in [1.82, 2.24) is 19.1 Å². The van der Waals surface area contributed by atoms with Crippen molar-refractivity contribution in [2.75, 3.05) is 0 Å². The van der Waals surface area contributed by atoms with Crippen molar-refractivity contribution in [1.29, 1.82) is 5.26 Å². The molecule has 5 heteroatoms. The maximum atomic E-state index is 8.96. The van der Waals surface area contributed by atoms with Crippen LogP contribution >= 0.6 is 0 Å². The van der Waals surface area contributed by atoms with Gasteiger partial charge in [-0.1, -0.05) is 48.5 Å². The highest BCUT2D eigenvalue weighted by molar-refractivity contribution is 5.86. The first kappa shape index (κ1) is 17.9. The number of aromatic nitrogens is 4. The average Bonchev–Trinajstić information content (AvgIpc) is 3.44. The molecule has 0 N–H and O–H groups in total. The minimum atomic E-state index is 0.671. The van der Waals surface area contributed by atoms with Gasteiger partial charge >= 0.3 is 0 Å². The van der Waals surface area contributed by atoms with Gasteiger partial charge in [0, 0.05) is 24.5 Å². The quantitative estimate of drug-likeness (QED) is 0.431. The second-order valence-electron chi connectivity index (χ2n) is 7.31. The second-order valence-corrected chi connectivity index (χ2v) is 7.31. The maximum Gasteiger partial charge on any atom is 0.0991 e. The van der Waals surface area contributed by atoms with Crippen LogP contribution in [0.25, 0.3) is 22.0 Å². The maximum absolute atomic E-state index is 8.96. The van der Waals surface area contributed by atoms with E-state index >= 15 is 0 Å². The summed E-state index contributed by atoms with van der Waals surface area (Å²) in [6, 6.07) is 24.6. The zero-order valence-electron chi connectivity index (χ0n) is 16.3. The first-order valence-electron chi connectivity index (χ1n) is 9.77. The summed E-state index contributed by atoms with van der Waals surface area (Å²) >= 11 is 0. The molecule has 2 aromatic heterocycles. The molecule has 0 saturated carbocycles. The van der Waals surface area contributed by atoms with E-state index in [0.717, 1.165) is 22.5 Å². The summed E-state index contributed by atoms with van der Waals surface area (Å²) in [7, 11) is 0. The molecule has 0 saturated heterocycles. The Morgan fingerprint density at radius 3 is 2.53 bits per heavy atom. The number of imidazole rings is 2. The first-order chi connectivity index (χ1) is 14.8. The van der Waals surface area contributed by atoms with E-state index in [4.69, 9.17) is 5.26 Å². The lowest BCUT2D eigenvalue weighted by Crippen LogP contribution is -2.07. The minimum Gasteiger partial charge on any atom is -0.331 e. The number of benzene rings is 3. The Hall–Kier alpha value is -4.17. The molecular weight excluding hydrogens is 370 g/mol. The largest absolute Gasteiger partial charge is 0.331 e. The molecule has 0 bridgehead atoms. The van der Waals surface area contributed by atoms with E-state index in [1.807, 2.05) is 43.1 Å². The number of hydrogen-bond acceptors (Lipinski definition) is 3. The first-order valence-corrected chi connectivity index (χ1v) is 9.77. The Morgan fingerprint density at radius 2 is 1.70 bits per heavy atom. The highest BCUT2D eigenvalue weighted by atomic mass is 15.1. The van der Waals surface area contributed by atoms with Crippen LogP contribution in [0.3, 0.4) is 0 Å².